The van der Waals surface area contributed by atoms with Crippen LogP contribution >= 0.6 is 0 Å². The summed E-state index contributed by atoms with van der Waals surface area (Å²) in [5.41, 5.74) is 0. The topological polar surface area (TPSA) is 66.4 Å². The molecule has 0 aromatic rings. The first-order chi connectivity index (χ1) is 7.47. The third-order valence-electron chi connectivity index (χ3n) is 3.46. The van der Waals surface area contributed by atoms with E-state index in [1.54, 1.807) is 13.8 Å². The Morgan fingerprint density at radius 3 is 2.50 bits per heavy atom. The lowest BCUT2D eigenvalue weighted by Crippen LogP contribution is -2.36. The number of carbonyl (C=O) groups is 2. The van der Waals surface area contributed by atoms with E-state index < -0.39 is 17.8 Å². The normalized spacial score (nSPS) is 26.9. The molecule has 2 N–H and O–H groups in total. The highest BCUT2D eigenvalue weighted by molar-refractivity contribution is 5.84. The molecule has 0 bridgehead atoms. The van der Waals surface area contributed by atoms with Crippen LogP contribution in [0.5, 0.6) is 0 Å². The molecule has 1 aliphatic rings. The molecule has 4 nitrogen and oxygen atoms in total. The SMILES string of the molecule is CCCC1CC1NC(=O)C(C)C(C)C(=O)O. The van der Waals surface area contributed by atoms with E-state index in [0.29, 0.717) is 5.92 Å². The smallest absolute Gasteiger partial charge is 0.307 e. The molecule has 0 aromatic heterocycles. The van der Waals surface area contributed by atoms with Crippen molar-refractivity contribution >= 4 is 11.9 Å². The molecule has 1 amide bonds. The lowest BCUT2D eigenvalue weighted by atomic mass is 9.95. The van der Waals surface area contributed by atoms with Crippen LogP contribution in [0.25, 0.3) is 0 Å². The molecule has 0 aromatic carbocycles. The summed E-state index contributed by atoms with van der Waals surface area (Å²) in [5, 5.41) is 11.7. The van der Waals surface area contributed by atoms with Crippen molar-refractivity contribution in [2.45, 2.75) is 46.1 Å². The summed E-state index contributed by atoms with van der Waals surface area (Å²) in [6.07, 6.45) is 3.33. The number of hydrogen-bond donors (Lipinski definition) is 2. The molecule has 1 aliphatic carbocycles. The van der Waals surface area contributed by atoms with Gasteiger partial charge in [-0.25, -0.2) is 0 Å². The quantitative estimate of drug-likeness (QED) is 0.725. The van der Waals surface area contributed by atoms with Crippen LogP contribution in [0.1, 0.15) is 40.0 Å². The summed E-state index contributed by atoms with van der Waals surface area (Å²) in [4.78, 5) is 22.4. The van der Waals surface area contributed by atoms with Gasteiger partial charge in [-0.1, -0.05) is 27.2 Å². The van der Waals surface area contributed by atoms with Gasteiger partial charge in [-0.15, -0.1) is 0 Å². The highest BCUT2D eigenvalue weighted by atomic mass is 16.4. The van der Waals surface area contributed by atoms with E-state index in [1.807, 2.05) is 0 Å². The Kier molecular flexibility index (Phi) is 4.33. The van der Waals surface area contributed by atoms with Gasteiger partial charge in [0.05, 0.1) is 5.92 Å². The molecule has 4 unspecified atom stereocenters. The number of carbonyl (C=O) groups excluding carboxylic acids is 1. The summed E-state index contributed by atoms with van der Waals surface area (Å²) in [7, 11) is 0. The van der Waals surface area contributed by atoms with Gasteiger partial charge in [-0.3, -0.25) is 9.59 Å². The fourth-order valence-electron chi connectivity index (χ4n) is 1.87. The number of rotatable bonds is 6. The molecule has 1 fully saturated rings. The molecular weight excluding hydrogens is 206 g/mol. The predicted molar refractivity (Wildman–Crippen MR) is 60.9 cm³/mol. The van der Waals surface area contributed by atoms with Crippen LogP contribution in [-0.4, -0.2) is 23.0 Å². The van der Waals surface area contributed by atoms with Gasteiger partial charge in [0.25, 0.3) is 0 Å². The highest BCUT2D eigenvalue weighted by Crippen LogP contribution is 2.34. The Morgan fingerprint density at radius 1 is 1.38 bits per heavy atom. The standard InChI is InChI=1S/C12H21NO3/c1-4-5-9-6-10(9)13-11(14)7(2)8(3)12(15)16/h7-10H,4-6H2,1-3H3,(H,13,14)(H,15,16). The van der Waals surface area contributed by atoms with Crippen molar-refractivity contribution < 1.29 is 14.7 Å². The molecule has 0 aliphatic heterocycles. The summed E-state index contributed by atoms with van der Waals surface area (Å²) < 4.78 is 0. The molecule has 0 spiro atoms. The van der Waals surface area contributed by atoms with Gasteiger partial charge in [0.2, 0.25) is 5.91 Å². The number of nitrogens with one attached hydrogen (secondary N) is 1. The second-order valence-electron chi connectivity index (χ2n) is 4.82. The van der Waals surface area contributed by atoms with E-state index in [1.165, 1.54) is 0 Å². The van der Waals surface area contributed by atoms with Crippen molar-refractivity contribution in [1.29, 1.82) is 0 Å². The summed E-state index contributed by atoms with van der Waals surface area (Å²) in [6.45, 7) is 5.38. The van der Waals surface area contributed by atoms with Gasteiger partial charge < -0.3 is 10.4 Å². The number of carboxylic acid groups (broad SMARTS) is 1. The van der Waals surface area contributed by atoms with Gasteiger partial charge >= 0.3 is 5.97 Å². The minimum atomic E-state index is -0.913. The van der Waals surface area contributed by atoms with Crippen LogP contribution in [0, 0.1) is 17.8 Å². The van der Waals surface area contributed by atoms with E-state index in [4.69, 9.17) is 5.11 Å². The maximum atomic E-state index is 11.7. The number of amides is 1. The minimum absolute atomic E-state index is 0.126. The monoisotopic (exact) mass is 227 g/mol. The zero-order chi connectivity index (χ0) is 12.3. The van der Waals surface area contributed by atoms with Crippen molar-refractivity contribution in [3.8, 4) is 0 Å². The largest absolute Gasteiger partial charge is 0.481 e. The fourth-order valence-corrected chi connectivity index (χ4v) is 1.87. The van der Waals surface area contributed by atoms with Gasteiger partial charge in [-0.05, 0) is 18.8 Å². The van der Waals surface area contributed by atoms with Gasteiger partial charge in [0.1, 0.15) is 0 Å². The first-order valence-electron chi connectivity index (χ1n) is 6.00. The molecule has 4 heteroatoms. The zero-order valence-corrected chi connectivity index (χ0v) is 10.2. The molecule has 4 atom stereocenters. The minimum Gasteiger partial charge on any atom is -0.481 e. The average molecular weight is 227 g/mol. The molecular formula is C12H21NO3. The first-order valence-corrected chi connectivity index (χ1v) is 6.00. The van der Waals surface area contributed by atoms with E-state index in [0.717, 1.165) is 19.3 Å². The van der Waals surface area contributed by atoms with Crippen LogP contribution < -0.4 is 5.32 Å². The van der Waals surface area contributed by atoms with Gasteiger partial charge in [0.15, 0.2) is 0 Å². The predicted octanol–water partition coefficient (Wildman–Crippen LogP) is 1.65. The Morgan fingerprint density at radius 2 is 2.00 bits per heavy atom. The van der Waals surface area contributed by atoms with Crippen LogP contribution in [0.2, 0.25) is 0 Å². The molecule has 16 heavy (non-hydrogen) atoms. The lowest BCUT2D eigenvalue weighted by Gasteiger charge is -2.15. The van der Waals surface area contributed by atoms with Gasteiger partial charge in [-0.2, -0.15) is 0 Å². The van der Waals surface area contributed by atoms with Crippen LogP contribution in [0.3, 0.4) is 0 Å². The van der Waals surface area contributed by atoms with E-state index in [-0.39, 0.29) is 11.9 Å². The molecule has 92 valence electrons. The van der Waals surface area contributed by atoms with Crippen molar-refractivity contribution in [3.63, 3.8) is 0 Å². The second kappa shape index (κ2) is 5.32. The van der Waals surface area contributed by atoms with E-state index in [2.05, 4.69) is 12.2 Å². The van der Waals surface area contributed by atoms with Crippen LogP contribution in [0.4, 0.5) is 0 Å². The maximum Gasteiger partial charge on any atom is 0.307 e. The summed E-state index contributed by atoms with van der Waals surface area (Å²) >= 11 is 0. The Bertz CT molecular complexity index is 277. The fraction of sp³-hybridized carbons (Fsp3) is 0.833. The van der Waals surface area contributed by atoms with Crippen molar-refractivity contribution in [2.24, 2.45) is 17.8 Å². The Balaban J connectivity index is 2.33. The van der Waals surface area contributed by atoms with Crippen molar-refractivity contribution in [2.75, 3.05) is 0 Å². The average Bonchev–Trinajstić information content (AvgIpc) is 2.94. The first kappa shape index (κ1) is 13.0. The zero-order valence-electron chi connectivity index (χ0n) is 10.2. The Labute approximate surface area is 96.4 Å². The number of carboxylic acids is 1. The molecule has 0 heterocycles. The van der Waals surface area contributed by atoms with Gasteiger partial charge in [0, 0.05) is 12.0 Å². The lowest BCUT2D eigenvalue weighted by molar-refractivity contribution is -0.146. The van der Waals surface area contributed by atoms with Crippen LogP contribution in [-0.2, 0) is 9.59 Å². The number of aliphatic carboxylic acids is 1. The maximum absolute atomic E-state index is 11.7. The molecule has 1 rings (SSSR count). The third-order valence-corrected chi connectivity index (χ3v) is 3.46. The van der Waals surface area contributed by atoms with Crippen LogP contribution in [0.15, 0.2) is 0 Å². The molecule has 0 radical (unpaired) electrons. The van der Waals surface area contributed by atoms with E-state index in [9.17, 15) is 9.59 Å². The number of hydrogen-bond acceptors (Lipinski definition) is 2. The van der Waals surface area contributed by atoms with Crippen molar-refractivity contribution in [1.82, 2.24) is 5.32 Å². The highest BCUT2D eigenvalue weighted by Gasteiger charge is 2.38. The summed E-state index contributed by atoms with van der Waals surface area (Å²) in [5.74, 6) is -1.51. The second-order valence-corrected chi connectivity index (χ2v) is 4.82. The Hall–Kier alpha value is -1.06. The molecule has 0 saturated heterocycles. The third kappa shape index (κ3) is 3.22. The summed E-state index contributed by atoms with van der Waals surface area (Å²) in [6, 6.07) is 0.288. The van der Waals surface area contributed by atoms with E-state index >= 15 is 0 Å². The van der Waals surface area contributed by atoms with Crippen molar-refractivity contribution in [3.05, 3.63) is 0 Å². The molecule has 1 saturated carbocycles.